The smallest absolute Gasteiger partial charge is 0.436 e. The van der Waals surface area contributed by atoms with Gasteiger partial charge < -0.3 is 9.47 Å². The average Bonchev–Trinajstić information content (AvgIpc) is 2.88. The number of methoxy groups -OCH3 is 1. The molecule has 0 saturated carbocycles. The number of hydrogen-bond acceptors (Lipinski definition) is 7. The summed E-state index contributed by atoms with van der Waals surface area (Å²) in [6.07, 6.45) is 0.0481. The summed E-state index contributed by atoms with van der Waals surface area (Å²) in [4.78, 5) is 16.2. The van der Waals surface area contributed by atoms with E-state index in [4.69, 9.17) is 14.7 Å². The molecule has 1 aromatic heterocycles. The molecule has 0 spiro atoms. The highest BCUT2D eigenvalue weighted by Crippen LogP contribution is 2.40. The van der Waals surface area contributed by atoms with E-state index in [1.54, 1.807) is 54.6 Å². The zero-order chi connectivity index (χ0) is 25.0. The van der Waals surface area contributed by atoms with Crippen molar-refractivity contribution in [2.45, 2.75) is 11.4 Å². The summed E-state index contributed by atoms with van der Waals surface area (Å²) in [5.41, 5.74) is 2.65. The lowest BCUT2D eigenvalue weighted by Crippen LogP contribution is -2.32. The van der Waals surface area contributed by atoms with Crippen molar-refractivity contribution in [2.24, 2.45) is 0 Å². The lowest BCUT2D eigenvalue weighted by Gasteiger charge is -2.27. The van der Waals surface area contributed by atoms with Crippen LogP contribution in [0.25, 0.3) is 10.9 Å². The van der Waals surface area contributed by atoms with Crippen LogP contribution in [0.1, 0.15) is 5.56 Å². The molecule has 0 aliphatic carbocycles. The molecule has 0 radical (unpaired) electrons. The number of anilines is 1. The van der Waals surface area contributed by atoms with E-state index < -0.39 is 16.1 Å². The quantitative estimate of drug-likeness (QED) is 0.245. The molecule has 4 aromatic rings. The number of hydroxylamine groups is 1. The second-order valence-electron chi connectivity index (χ2n) is 7.31. The second kappa shape index (κ2) is 10.3. The molecule has 0 unspecified atom stereocenters. The van der Waals surface area contributed by atoms with Crippen LogP contribution < -0.4 is 19.3 Å². The molecule has 0 atom stereocenters. The molecule has 2 N–H and O–H groups in total. The summed E-state index contributed by atoms with van der Waals surface area (Å²) in [6.45, 7) is -0.0680. The highest BCUT2D eigenvalue weighted by atomic mass is 79.9. The van der Waals surface area contributed by atoms with E-state index in [9.17, 15) is 13.2 Å². The Morgan fingerprint density at radius 3 is 2.46 bits per heavy atom. The van der Waals surface area contributed by atoms with Gasteiger partial charge in [-0.15, -0.1) is 0 Å². The van der Waals surface area contributed by atoms with Gasteiger partial charge in [0.2, 0.25) is 0 Å². The number of hydrogen-bond donors (Lipinski definition) is 2. The van der Waals surface area contributed by atoms with Crippen LogP contribution in [0.5, 0.6) is 11.5 Å². The maximum atomic E-state index is 14.0. The van der Waals surface area contributed by atoms with E-state index in [0.29, 0.717) is 22.2 Å². The molecular formula is C24H20BrN3O6S. The van der Waals surface area contributed by atoms with Crippen molar-refractivity contribution < 1.29 is 27.9 Å². The molecule has 11 heteroatoms. The minimum Gasteiger partial charge on any atom is -0.497 e. The van der Waals surface area contributed by atoms with E-state index in [2.05, 4.69) is 20.9 Å². The third-order valence-electron chi connectivity index (χ3n) is 5.13. The number of halogens is 1. The third-order valence-corrected chi connectivity index (χ3v) is 7.38. The van der Waals surface area contributed by atoms with Crippen molar-refractivity contribution in [1.29, 1.82) is 0 Å². The summed E-state index contributed by atoms with van der Waals surface area (Å²) in [5.74, 6) is 0.348. The van der Waals surface area contributed by atoms with Crippen LogP contribution in [-0.4, -0.2) is 31.8 Å². The Hall–Kier alpha value is -3.67. The van der Waals surface area contributed by atoms with Gasteiger partial charge in [-0.25, -0.2) is 18.7 Å². The van der Waals surface area contributed by atoms with Gasteiger partial charge in [0.25, 0.3) is 10.0 Å². The maximum absolute atomic E-state index is 14.0. The summed E-state index contributed by atoms with van der Waals surface area (Å²) >= 11 is 3.40. The van der Waals surface area contributed by atoms with Crippen molar-refractivity contribution in [1.82, 2.24) is 10.5 Å². The zero-order valence-electron chi connectivity index (χ0n) is 18.4. The lowest BCUT2D eigenvalue weighted by atomic mass is 10.1. The number of benzene rings is 3. The summed E-state index contributed by atoms with van der Waals surface area (Å²) in [7, 11) is -2.69. The summed E-state index contributed by atoms with van der Waals surface area (Å²) in [5, 5.41) is 9.42. The van der Waals surface area contributed by atoms with Gasteiger partial charge in [0.15, 0.2) is 5.75 Å². The predicted octanol–water partition coefficient (Wildman–Crippen LogP) is 4.88. The first-order valence-corrected chi connectivity index (χ1v) is 12.5. The van der Waals surface area contributed by atoms with Crippen molar-refractivity contribution in [3.05, 3.63) is 89.0 Å². The molecule has 1 amide bonds. The highest BCUT2D eigenvalue weighted by molar-refractivity contribution is 9.10. The number of ether oxygens (including phenoxy) is 2. The highest BCUT2D eigenvalue weighted by Gasteiger charge is 2.30. The van der Waals surface area contributed by atoms with Crippen molar-refractivity contribution in [2.75, 3.05) is 11.4 Å². The standard InChI is InChI=1S/C24H20BrN3O6S/c1-33-18-8-10-19(11-9-18)35(31,32)28(15-16-5-3-2-4-6-16)23-20-12-7-17(25)13-21(20)26-14-22(23)34-24(29)27-30/h2-14,30H,15H2,1H3,(H,27,29). The first-order valence-electron chi connectivity index (χ1n) is 10.2. The van der Waals surface area contributed by atoms with Gasteiger partial charge in [-0.05, 0) is 48.0 Å². The molecule has 3 aromatic carbocycles. The van der Waals surface area contributed by atoms with Crippen molar-refractivity contribution >= 4 is 48.6 Å². The van der Waals surface area contributed by atoms with Gasteiger partial charge in [-0.1, -0.05) is 46.3 Å². The monoisotopic (exact) mass is 557 g/mol. The van der Waals surface area contributed by atoms with Gasteiger partial charge in [0.05, 0.1) is 30.3 Å². The van der Waals surface area contributed by atoms with Crippen molar-refractivity contribution in [3.8, 4) is 11.5 Å². The number of rotatable bonds is 7. The van der Waals surface area contributed by atoms with Gasteiger partial charge in [-0.3, -0.25) is 14.5 Å². The van der Waals surface area contributed by atoms with Crippen LogP contribution in [0.15, 0.2) is 88.4 Å². The van der Waals surface area contributed by atoms with E-state index in [1.165, 1.54) is 30.9 Å². The number of aromatic nitrogens is 1. The molecule has 0 bridgehead atoms. The maximum Gasteiger partial charge on any atom is 0.436 e. The fraction of sp³-hybridized carbons (Fsp3) is 0.0833. The van der Waals surface area contributed by atoms with Crippen LogP contribution in [0.2, 0.25) is 0 Å². The number of nitrogens with zero attached hydrogens (tertiary/aromatic N) is 2. The van der Waals surface area contributed by atoms with Crippen LogP contribution in [0.3, 0.4) is 0 Å². The largest absolute Gasteiger partial charge is 0.497 e. The molecule has 0 aliphatic heterocycles. The van der Waals surface area contributed by atoms with Crippen LogP contribution in [0, 0.1) is 0 Å². The summed E-state index contributed by atoms with van der Waals surface area (Å²) < 4.78 is 40.3. The number of fused-ring (bicyclic) bond motifs is 1. The number of pyridine rings is 1. The minimum absolute atomic E-state index is 0.00821. The molecule has 0 fully saturated rings. The fourth-order valence-corrected chi connectivity index (χ4v) is 5.33. The molecule has 4 rings (SSSR count). The van der Waals surface area contributed by atoms with Crippen LogP contribution >= 0.6 is 15.9 Å². The fourth-order valence-electron chi connectivity index (χ4n) is 3.50. The van der Waals surface area contributed by atoms with Crippen molar-refractivity contribution in [3.63, 3.8) is 0 Å². The Morgan fingerprint density at radius 1 is 1.09 bits per heavy atom. The second-order valence-corrected chi connectivity index (χ2v) is 10.1. The van der Waals surface area contributed by atoms with Gasteiger partial charge in [0.1, 0.15) is 11.4 Å². The molecule has 9 nitrogen and oxygen atoms in total. The molecule has 1 heterocycles. The van der Waals surface area contributed by atoms with Crippen LogP contribution in [0.4, 0.5) is 10.5 Å². The molecular weight excluding hydrogens is 538 g/mol. The lowest BCUT2D eigenvalue weighted by molar-refractivity contribution is 0.127. The third kappa shape index (κ3) is 5.21. The first-order chi connectivity index (χ1) is 16.8. The SMILES string of the molecule is COc1ccc(S(=O)(=O)N(Cc2ccccc2)c2c(OC(=O)NO)cnc3cc(Br)ccc23)cc1. The first kappa shape index (κ1) is 24.5. The Balaban J connectivity index is 1.98. The molecule has 180 valence electrons. The molecule has 0 aliphatic rings. The Kier molecular flexibility index (Phi) is 7.20. The average molecular weight is 558 g/mol. The summed E-state index contributed by atoms with van der Waals surface area (Å²) in [6, 6.07) is 20.1. The Bertz CT molecular complexity index is 1460. The van der Waals surface area contributed by atoms with E-state index in [-0.39, 0.29) is 22.9 Å². The van der Waals surface area contributed by atoms with Gasteiger partial charge >= 0.3 is 6.09 Å². The van der Waals surface area contributed by atoms with E-state index >= 15 is 0 Å². The molecule has 35 heavy (non-hydrogen) atoms. The van der Waals surface area contributed by atoms with E-state index in [1.807, 2.05) is 6.07 Å². The molecule has 0 saturated heterocycles. The van der Waals surface area contributed by atoms with Gasteiger partial charge in [-0.2, -0.15) is 0 Å². The Morgan fingerprint density at radius 2 is 1.80 bits per heavy atom. The van der Waals surface area contributed by atoms with Crippen LogP contribution in [-0.2, 0) is 16.6 Å². The Labute approximate surface area is 210 Å². The number of carbonyl (C=O) groups excluding carboxylic acids is 1. The number of amides is 1. The number of carbonyl (C=O) groups is 1. The topological polar surface area (TPSA) is 118 Å². The number of sulfonamides is 1. The zero-order valence-corrected chi connectivity index (χ0v) is 20.8. The normalized spacial score (nSPS) is 11.2. The minimum atomic E-state index is -4.18. The van der Waals surface area contributed by atoms with Gasteiger partial charge in [0, 0.05) is 9.86 Å². The van der Waals surface area contributed by atoms with E-state index in [0.717, 1.165) is 8.78 Å². The predicted molar refractivity (Wildman–Crippen MR) is 133 cm³/mol. The number of nitrogens with one attached hydrogen (secondary N) is 1.